The molecule has 0 bridgehead atoms. The molecule has 8 aromatic carbocycles. The number of H-pyrrole nitrogens is 1. The van der Waals surface area contributed by atoms with Gasteiger partial charge in [0.15, 0.2) is 0 Å². The van der Waals surface area contributed by atoms with Crippen molar-refractivity contribution in [3.63, 3.8) is 0 Å². The van der Waals surface area contributed by atoms with Crippen LogP contribution in [-0.2, 0) is 6.54 Å². The maximum atomic E-state index is 5.54. The van der Waals surface area contributed by atoms with Gasteiger partial charge in [0.1, 0.15) is 0 Å². The predicted octanol–water partition coefficient (Wildman–Crippen LogP) is 17.0. The Hall–Kier alpha value is -7.30. The van der Waals surface area contributed by atoms with E-state index in [1.807, 2.05) is 61.6 Å². The number of rotatable bonds is 3. The zero-order valence-corrected chi connectivity index (χ0v) is 39.6. The highest BCUT2D eigenvalue weighted by Crippen LogP contribution is 2.42. The summed E-state index contributed by atoms with van der Waals surface area (Å²) in [5, 5.41) is 15.9. The molecule has 9 aromatic rings. The second kappa shape index (κ2) is 19.2. The minimum absolute atomic E-state index is 0.804. The number of hydrogen-bond acceptors (Lipinski definition) is 3. The maximum Gasteiger partial charge on any atom is 0.0766 e. The van der Waals surface area contributed by atoms with Gasteiger partial charge in [-0.2, -0.15) is 0 Å². The monoisotopic (exact) mass is 848 g/mol. The predicted molar refractivity (Wildman–Crippen MR) is 287 cm³/mol. The first kappa shape index (κ1) is 44.3. The summed E-state index contributed by atoms with van der Waals surface area (Å²) in [4.78, 5) is 14.5. The minimum atomic E-state index is 0.804. The molecule has 1 aromatic heterocycles. The summed E-state index contributed by atoms with van der Waals surface area (Å²) < 4.78 is 0. The lowest BCUT2D eigenvalue weighted by molar-refractivity contribution is 0.941. The molecule has 4 nitrogen and oxygen atoms in total. The summed E-state index contributed by atoms with van der Waals surface area (Å²) >= 11 is 0. The Balaban J connectivity index is 0.000000685. The van der Waals surface area contributed by atoms with Crippen LogP contribution >= 0.6 is 0 Å². The van der Waals surface area contributed by atoms with Gasteiger partial charge in [-0.25, -0.2) is 4.99 Å². The number of nitrogens with one attached hydrogen (secondary N) is 2. The van der Waals surface area contributed by atoms with Crippen molar-refractivity contribution in [1.82, 2.24) is 10.3 Å². The third-order valence-corrected chi connectivity index (χ3v) is 12.3. The van der Waals surface area contributed by atoms with Crippen LogP contribution in [0.5, 0.6) is 0 Å². The summed E-state index contributed by atoms with van der Waals surface area (Å²) in [6.45, 7) is 21.2. The second-order valence-corrected chi connectivity index (χ2v) is 15.6. The fourth-order valence-electron chi connectivity index (χ4n) is 9.36. The van der Waals surface area contributed by atoms with Crippen molar-refractivity contribution in [2.45, 2.75) is 75.8 Å². The maximum absolute atomic E-state index is 5.54. The van der Waals surface area contributed by atoms with Crippen molar-refractivity contribution < 1.29 is 0 Å². The van der Waals surface area contributed by atoms with E-state index < -0.39 is 0 Å². The van der Waals surface area contributed by atoms with Gasteiger partial charge in [-0.3, -0.25) is 4.99 Å². The fourth-order valence-corrected chi connectivity index (χ4v) is 9.36. The summed E-state index contributed by atoms with van der Waals surface area (Å²) in [7, 11) is 0. The van der Waals surface area contributed by atoms with E-state index in [-0.39, 0.29) is 0 Å². The molecule has 0 atom stereocenters. The van der Waals surface area contributed by atoms with Crippen molar-refractivity contribution in [1.29, 1.82) is 0 Å². The first-order chi connectivity index (χ1) is 32.0. The first-order valence-corrected chi connectivity index (χ1v) is 23.7. The Bertz CT molecular complexity index is 3420. The minimum Gasteiger partial charge on any atom is -0.380 e. The molecule has 0 saturated carbocycles. The van der Waals surface area contributed by atoms with Gasteiger partial charge in [0.2, 0.25) is 0 Å². The molecule has 4 heterocycles. The van der Waals surface area contributed by atoms with E-state index in [0.29, 0.717) is 0 Å². The standard InChI is InChI=1S/C53H36N4.4C2H6/c1-30(50-42-21-34-13-5-3-11-32(34)19-40(42)28-54-50)52-46-25-38-17-9-7-15-36(38)23-44(46)48(56-52)27-49-45-24-37-16-8-10-18-39(37)26-47(45)53(57-49)31(2)51-43-22-35-14-6-4-12-33(35)20-41(43)29-55-51;4*1-2/h3-28,55-56H,29H2,1-2H3;4*1-2H3/b49-27-,50-30-,51-31-;;;;. The van der Waals surface area contributed by atoms with Gasteiger partial charge >= 0.3 is 0 Å². The van der Waals surface area contributed by atoms with Crippen LogP contribution in [0.3, 0.4) is 0 Å². The van der Waals surface area contributed by atoms with Crippen molar-refractivity contribution in [3.8, 4) is 0 Å². The van der Waals surface area contributed by atoms with Gasteiger partial charge in [0.25, 0.3) is 0 Å². The topological polar surface area (TPSA) is 52.5 Å². The molecule has 0 aliphatic carbocycles. The van der Waals surface area contributed by atoms with Crippen LogP contribution in [0.2, 0.25) is 0 Å². The Kier molecular flexibility index (Phi) is 13.1. The Morgan fingerprint density at radius 2 is 0.954 bits per heavy atom. The molecule has 4 heteroatoms. The average Bonchev–Trinajstić information content (AvgIpc) is 4.16. The molecule has 3 aliphatic rings. The highest BCUT2D eigenvalue weighted by atomic mass is 14.9. The van der Waals surface area contributed by atoms with E-state index in [4.69, 9.17) is 9.98 Å². The van der Waals surface area contributed by atoms with Gasteiger partial charge in [-0.15, -0.1) is 0 Å². The van der Waals surface area contributed by atoms with Crippen molar-refractivity contribution >= 4 is 94.5 Å². The van der Waals surface area contributed by atoms with E-state index in [1.54, 1.807) is 0 Å². The Morgan fingerprint density at radius 1 is 0.492 bits per heavy atom. The van der Waals surface area contributed by atoms with Crippen LogP contribution in [0.1, 0.15) is 114 Å². The number of fused-ring (bicyclic) bond motifs is 8. The van der Waals surface area contributed by atoms with Gasteiger partial charge < -0.3 is 10.3 Å². The highest BCUT2D eigenvalue weighted by Gasteiger charge is 2.28. The zero-order chi connectivity index (χ0) is 45.8. The third-order valence-electron chi connectivity index (χ3n) is 12.3. The number of allylic oxidation sites excluding steroid dienone is 2. The normalized spacial score (nSPS) is 15.1. The number of nitrogens with zero attached hydrogens (tertiary/aromatic N) is 2. The molecule has 65 heavy (non-hydrogen) atoms. The smallest absolute Gasteiger partial charge is 0.0766 e. The molecule has 0 saturated heterocycles. The van der Waals surface area contributed by atoms with Crippen molar-refractivity contribution in [3.05, 3.63) is 196 Å². The Labute approximate surface area is 384 Å². The number of aromatic amines is 1. The molecule has 12 rings (SSSR count). The van der Waals surface area contributed by atoms with Crippen LogP contribution < -0.4 is 5.32 Å². The van der Waals surface area contributed by atoms with Gasteiger partial charge in [-0.05, 0) is 128 Å². The van der Waals surface area contributed by atoms with E-state index in [2.05, 4.69) is 176 Å². The zero-order valence-electron chi connectivity index (χ0n) is 39.6. The molecule has 324 valence electrons. The Morgan fingerprint density at radius 3 is 1.52 bits per heavy atom. The number of aromatic nitrogens is 1. The number of hydrogen-bond donors (Lipinski definition) is 2. The molecule has 0 amide bonds. The van der Waals surface area contributed by atoms with Gasteiger partial charge in [-0.1, -0.05) is 152 Å². The molecule has 0 unspecified atom stereocenters. The fraction of sp³-hybridized carbons (Fsp3) is 0.180. The van der Waals surface area contributed by atoms with Crippen LogP contribution in [0, 0.1) is 0 Å². The summed E-state index contributed by atoms with van der Waals surface area (Å²) in [6, 6.07) is 52.9. The van der Waals surface area contributed by atoms with Crippen LogP contribution in [0.15, 0.2) is 161 Å². The van der Waals surface area contributed by atoms with Gasteiger partial charge in [0, 0.05) is 62.7 Å². The lowest BCUT2D eigenvalue weighted by atomic mass is 9.93. The quantitative estimate of drug-likeness (QED) is 0.183. The summed E-state index contributed by atoms with van der Waals surface area (Å²) in [6.07, 6.45) is 4.27. The van der Waals surface area contributed by atoms with E-state index >= 15 is 0 Å². The molecule has 3 aliphatic heterocycles. The van der Waals surface area contributed by atoms with E-state index in [9.17, 15) is 0 Å². The molecule has 2 N–H and O–H groups in total. The second-order valence-electron chi connectivity index (χ2n) is 15.6. The average molecular weight is 849 g/mol. The number of benzene rings is 8. The molecular formula is C61H60N4. The first-order valence-electron chi connectivity index (χ1n) is 23.7. The van der Waals surface area contributed by atoms with Crippen LogP contribution in [0.25, 0.3) is 82.6 Å². The molecule has 0 fully saturated rings. The van der Waals surface area contributed by atoms with E-state index in [0.717, 1.165) is 74.0 Å². The highest BCUT2D eigenvalue weighted by molar-refractivity contribution is 6.25. The summed E-state index contributed by atoms with van der Waals surface area (Å²) in [5.74, 6) is 0. The van der Waals surface area contributed by atoms with Crippen LogP contribution in [0.4, 0.5) is 0 Å². The third kappa shape index (κ3) is 7.88. The van der Waals surface area contributed by atoms with Gasteiger partial charge in [0.05, 0.1) is 22.8 Å². The largest absolute Gasteiger partial charge is 0.380 e. The number of aliphatic imine (C=N–C) groups is 2. The lowest BCUT2D eigenvalue weighted by Gasteiger charge is -2.11. The van der Waals surface area contributed by atoms with Crippen molar-refractivity contribution in [2.75, 3.05) is 0 Å². The summed E-state index contributed by atoms with van der Waals surface area (Å²) in [5.41, 5.74) is 15.7. The van der Waals surface area contributed by atoms with Crippen molar-refractivity contribution in [2.24, 2.45) is 9.98 Å². The SMILES string of the molecule is CC.CC.CC.CC.CC(/C1=N\C(=C/c2[nH]c(/C(C)=C3\N=Cc4cc5ccccc5cc43)c3cc4ccccc4cc23)c2cc3ccccc3cc21)=C1/NCc2cc3ccccc3cc21. The lowest BCUT2D eigenvalue weighted by Crippen LogP contribution is -2.09. The van der Waals surface area contributed by atoms with Crippen LogP contribution in [-0.4, -0.2) is 16.9 Å². The molecular weight excluding hydrogens is 789 g/mol. The van der Waals surface area contributed by atoms with E-state index in [1.165, 1.54) is 65.2 Å². The molecule has 0 spiro atoms. The molecule has 0 radical (unpaired) electrons.